The monoisotopic (exact) mass is 248 g/mol. The molecule has 0 fully saturated rings. The van der Waals surface area contributed by atoms with E-state index < -0.39 is 0 Å². The summed E-state index contributed by atoms with van der Waals surface area (Å²) in [6, 6.07) is 10.8. The van der Waals surface area contributed by atoms with Crippen molar-refractivity contribution in [3.05, 3.63) is 59.4 Å². The van der Waals surface area contributed by atoms with Crippen molar-refractivity contribution in [1.29, 1.82) is 0 Å². The lowest BCUT2D eigenvalue weighted by molar-refractivity contribution is 0.290. The van der Waals surface area contributed by atoms with Gasteiger partial charge in [0.05, 0.1) is 6.04 Å². The van der Waals surface area contributed by atoms with Crippen LogP contribution in [0.25, 0.3) is 0 Å². The predicted molar refractivity (Wildman–Crippen MR) is 68.1 cm³/mol. The Balaban J connectivity index is 1.92. The summed E-state index contributed by atoms with van der Waals surface area (Å²) in [5.74, 6) is 0.763. The maximum atomic E-state index is 5.99. The Morgan fingerprint density at radius 1 is 1.12 bits per heavy atom. The summed E-state index contributed by atoms with van der Waals surface area (Å²) in [7, 11) is 0. The summed E-state index contributed by atoms with van der Waals surface area (Å²) < 4.78 is 5.57. The average Bonchev–Trinajstić information content (AvgIpc) is 2.39. The van der Waals surface area contributed by atoms with E-state index in [1.807, 2.05) is 24.3 Å². The van der Waals surface area contributed by atoms with E-state index in [0.717, 1.165) is 11.3 Å². The first kappa shape index (κ1) is 11.9. The third kappa shape index (κ3) is 3.44. The number of benzene rings is 1. The Labute approximate surface area is 105 Å². The molecule has 1 aromatic heterocycles. The van der Waals surface area contributed by atoms with Crippen LogP contribution in [0.1, 0.15) is 11.6 Å². The zero-order valence-corrected chi connectivity index (χ0v) is 9.97. The Morgan fingerprint density at radius 3 is 2.41 bits per heavy atom. The molecule has 0 aliphatic rings. The third-order valence-corrected chi connectivity index (χ3v) is 2.63. The van der Waals surface area contributed by atoms with E-state index in [4.69, 9.17) is 22.1 Å². The number of rotatable bonds is 4. The Kier molecular flexibility index (Phi) is 3.96. The van der Waals surface area contributed by atoms with Gasteiger partial charge in [-0.3, -0.25) is 4.98 Å². The third-order valence-electron chi connectivity index (χ3n) is 2.38. The lowest BCUT2D eigenvalue weighted by atomic mass is 10.1. The number of hydrogen-bond donors (Lipinski definition) is 1. The molecule has 0 bridgehead atoms. The zero-order valence-electron chi connectivity index (χ0n) is 9.21. The van der Waals surface area contributed by atoms with E-state index in [1.165, 1.54) is 0 Å². The van der Waals surface area contributed by atoms with Gasteiger partial charge in [-0.1, -0.05) is 11.6 Å². The first-order valence-electron chi connectivity index (χ1n) is 5.29. The number of hydrogen-bond acceptors (Lipinski definition) is 3. The largest absolute Gasteiger partial charge is 0.492 e. The highest BCUT2D eigenvalue weighted by Gasteiger charge is 2.06. The molecule has 0 radical (unpaired) electrons. The molecule has 3 nitrogen and oxygen atoms in total. The number of ether oxygens (including phenoxy) is 1. The molecule has 17 heavy (non-hydrogen) atoms. The van der Waals surface area contributed by atoms with Gasteiger partial charge in [0.25, 0.3) is 0 Å². The van der Waals surface area contributed by atoms with Gasteiger partial charge < -0.3 is 10.5 Å². The predicted octanol–water partition coefficient (Wildman–Crippen LogP) is 2.81. The summed E-state index contributed by atoms with van der Waals surface area (Å²) in [5.41, 5.74) is 7.00. The van der Waals surface area contributed by atoms with E-state index in [0.29, 0.717) is 11.6 Å². The Morgan fingerprint density at radius 2 is 1.76 bits per heavy atom. The maximum Gasteiger partial charge on any atom is 0.119 e. The second-order valence-corrected chi connectivity index (χ2v) is 4.09. The first-order valence-corrected chi connectivity index (χ1v) is 5.67. The standard InChI is InChI=1S/C13H13ClN2O/c14-11-1-3-12(4-2-11)17-9-13(15)10-5-7-16-8-6-10/h1-8,13H,9,15H2. The van der Waals surface area contributed by atoms with Crippen molar-refractivity contribution in [3.8, 4) is 5.75 Å². The van der Waals surface area contributed by atoms with Gasteiger partial charge in [0.1, 0.15) is 12.4 Å². The number of pyridine rings is 1. The van der Waals surface area contributed by atoms with Crippen molar-refractivity contribution < 1.29 is 4.74 Å². The highest BCUT2D eigenvalue weighted by atomic mass is 35.5. The normalized spacial score (nSPS) is 12.1. The van der Waals surface area contributed by atoms with Crippen LogP contribution in [-0.4, -0.2) is 11.6 Å². The number of nitrogens with two attached hydrogens (primary N) is 1. The van der Waals surface area contributed by atoms with Crippen LogP contribution in [0.2, 0.25) is 5.02 Å². The molecule has 1 atom stereocenters. The molecule has 2 rings (SSSR count). The van der Waals surface area contributed by atoms with Crippen LogP contribution >= 0.6 is 11.6 Å². The fourth-order valence-electron chi connectivity index (χ4n) is 1.42. The van der Waals surface area contributed by atoms with Gasteiger partial charge in [-0.15, -0.1) is 0 Å². The number of aromatic nitrogens is 1. The summed E-state index contributed by atoms with van der Waals surface area (Å²) in [4.78, 5) is 3.94. The van der Waals surface area contributed by atoms with E-state index in [9.17, 15) is 0 Å². The second-order valence-electron chi connectivity index (χ2n) is 3.65. The molecule has 0 saturated heterocycles. The Bertz CT molecular complexity index is 459. The number of nitrogens with zero attached hydrogens (tertiary/aromatic N) is 1. The van der Waals surface area contributed by atoms with Crippen LogP contribution in [0, 0.1) is 0 Å². The van der Waals surface area contributed by atoms with Gasteiger partial charge >= 0.3 is 0 Å². The van der Waals surface area contributed by atoms with Crippen molar-refractivity contribution in [3.63, 3.8) is 0 Å². The molecule has 1 heterocycles. The topological polar surface area (TPSA) is 48.1 Å². The van der Waals surface area contributed by atoms with Crippen molar-refractivity contribution >= 4 is 11.6 Å². The maximum absolute atomic E-state index is 5.99. The highest BCUT2D eigenvalue weighted by Crippen LogP contribution is 2.17. The van der Waals surface area contributed by atoms with Crippen molar-refractivity contribution in [2.75, 3.05) is 6.61 Å². The van der Waals surface area contributed by atoms with Crippen LogP contribution in [0.4, 0.5) is 0 Å². The SMILES string of the molecule is NC(COc1ccc(Cl)cc1)c1ccncc1. The van der Waals surface area contributed by atoms with E-state index in [1.54, 1.807) is 24.5 Å². The van der Waals surface area contributed by atoms with Gasteiger partial charge in [-0.2, -0.15) is 0 Å². The lowest BCUT2D eigenvalue weighted by Gasteiger charge is -2.13. The van der Waals surface area contributed by atoms with Gasteiger partial charge in [-0.25, -0.2) is 0 Å². The zero-order chi connectivity index (χ0) is 12.1. The minimum Gasteiger partial charge on any atom is -0.492 e. The molecular weight excluding hydrogens is 236 g/mol. The van der Waals surface area contributed by atoms with Gasteiger partial charge in [0, 0.05) is 17.4 Å². The van der Waals surface area contributed by atoms with Crippen molar-refractivity contribution in [2.24, 2.45) is 5.73 Å². The lowest BCUT2D eigenvalue weighted by Crippen LogP contribution is -2.18. The van der Waals surface area contributed by atoms with Crippen LogP contribution in [-0.2, 0) is 0 Å². The molecule has 2 N–H and O–H groups in total. The van der Waals surface area contributed by atoms with E-state index in [-0.39, 0.29) is 6.04 Å². The highest BCUT2D eigenvalue weighted by molar-refractivity contribution is 6.30. The molecular formula is C13H13ClN2O. The van der Waals surface area contributed by atoms with Crippen molar-refractivity contribution in [1.82, 2.24) is 4.98 Å². The molecule has 0 amide bonds. The molecule has 2 aromatic rings. The van der Waals surface area contributed by atoms with E-state index >= 15 is 0 Å². The van der Waals surface area contributed by atoms with Crippen LogP contribution in [0.5, 0.6) is 5.75 Å². The molecule has 0 aliphatic heterocycles. The summed E-state index contributed by atoms with van der Waals surface area (Å²) in [6.07, 6.45) is 3.44. The van der Waals surface area contributed by atoms with Crippen LogP contribution in [0.15, 0.2) is 48.8 Å². The minimum atomic E-state index is -0.159. The minimum absolute atomic E-state index is 0.159. The molecule has 1 aromatic carbocycles. The van der Waals surface area contributed by atoms with Crippen molar-refractivity contribution in [2.45, 2.75) is 6.04 Å². The summed E-state index contributed by atoms with van der Waals surface area (Å²) in [5, 5.41) is 0.691. The molecule has 0 aliphatic carbocycles. The molecule has 0 saturated carbocycles. The van der Waals surface area contributed by atoms with E-state index in [2.05, 4.69) is 4.98 Å². The Hall–Kier alpha value is -1.58. The van der Waals surface area contributed by atoms with Crippen LogP contribution < -0.4 is 10.5 Å². The van der Waals surface area contributed by atoms with Gasteiger partial charge in [0.15, 0.2) is 0 Å². The first-order chi connectivity index (χ1) is 8.25. The molecule has 4 heteroatoms. The van der Waals surface area contributed by atoms with Gasteiger partial charge in [0.2, 0.25) is 0 Å². The fourth-order valence-corrected chi connectivity index (χ4v) is 1.55. The number of halogens is 1. The quantitative estimate of drug-likeness (QED) is 0.905. The van der Waals surface area contributed by atoms with Crippen LogP contribution in [0.3, 0.4) is 0 Å². The van der Waals surface area contributed by atoms with Gasteiger partial charge in [-0.05, 0) is 42.0 Å². The molecule has 0 spiro atoms. The molecule has 1 unspecified atom stereocenters. The smallest absolute Gasteiger partial charge is 0.119 e. The summed E-state index contributed by atoms with van der Waals surface area (Å²) in [6.45, 7) is 0.422. The average molecular weight is 249 g/mol. The molecule has 88 valence electrons. The fraction of sp³-hybridized carbons (Fsp3) is 0.154. The summed E-state index contributed by atoms with van der Waals surface area (Å²) >= 11 is 5.78. The second kappa shape index (κ2) is 5.66.